The molecule has 1 aromatic carbocycles. The first-order valence-corrected chi connectivity index (χ1v) is 5.55. The van der Waals surface area contributed by atoms with Crippen molar-refractivity contribution in [3.8, 4) is 17.7 Å². The molecule has 2 aromatic rings. The van der Waals surface area contributed by atoms with Crippen molar-refractivity contribution in [3.63, 3.8) is 0 Å². The lowest BCUT2D eigenvalue weighted by atomic mass is 10.2. The van der Waals surface area contributed by atoms with Crippen LogP contribution in [0, 0.1) is 11.3 Å². The van der Waals surface area contributed by atoms with Crippen LogP contribution < -0.4 is 4.74 Å². The van der Waals surface area contributed by atoms with Crippen molar-refractivity contribution in [2.75, 3.05) is 0 Å². The zero-order valence-corrected chi connectivity index (χ0v) is 10.3. The zero-order valence-electron chi connectivity index (χ0n) is 9.50. The van der Waals surface area contributed by atoms with Crippen LogP contribution in [0.3, 0.4) is 0 Å². The van der Waals surface area contributed by atoms with E-state index in [-0.39, 0.29) is 16.5 Å². The number of nitrogens with zero attached hydrogens (tertiary/aromatic N) is 2. The van der Waals surface area contributed by atoms with E-state index >= 15 is 0 Å². The number of nitriles is 1. The number of benzene rings is 1. The standard InChI is InChI=1S/C13H7ClN2O3/c14-11-5-9(13(17)18)7-16-12(11)19-10-3-1-2-8(4-10)6-15/h1-5,7H,(H,17,18). The van der Waals surface area contributed by atoms with E-state index in [1.807, 2.05) is 6.07 Å². The van der Waals surface area contributed by atoms with Gasteiger partial charge in [0.05, 0.1) is 17.2 Å². The maximum absolute atomic E-state index is 10.7. The van der Waals surface area contributed by atoms with Gasteiger partial charge in [-0.05, 0) is 24.3 Å². The lowest BCUT2D eigenvalue weighted by Crippen LogP contribution is -1.98. The molecule has 6 heteroatoms. The number of aromatic nitrogens is 1. The van der Waals surface area contributed by atoms with Crippen LogP contribution in [0.15, 0.2) is 36.5 Å². The van der Waals surface area contributed by atoms with Crippen molar-refractivity contribution in [1.82, 2.24) is 4.98 Å². The third-order valence-electron chi connectivity index (χ3n) is 2.23. The van der Waals surface area contributed by atoms with Crippen molar-refractivity contribution in [3.05, 3.63) is 52.7 Å². The predicted octanol–water partition coefficient (Wildman–Crippen LogP) is 3.10. The molecule has 0 unspecified atom stereocenters. The zero-order chi connectivity index (χ0) is 13.8. The topological polar surface area (TPSA) is 83.2 Å². The summed E-state index contributed by atoms with van der Waals surface area (Å²) in [5, 5.41) is 17.6. The van der Waals surface area contributed by atoms with E-state index in [0.717, 1.165) is 6.20 Å². The Morgan fingerprint density at radius 3 is 2.84 bits per heavy atom. The Morgan fingerprint density at radius 2 is 2.21 bits per heavy atom. The minimum Gasteiger partial charge on any atom is -0.478 e. The smallest absolute Gasteiger partial charge is 0.337 e. The van der Waals surface area contributed by atoms with Gasteiger partial charge in [0.1, 0.15) is 10.8 Å². The highest BCUT2D eigenvalue weighted by atomic mass is 35.5. The van der Waals surface area contributed by atoms with Gasteiger partial charge in [-0.2, -0.15) is 5.26 Å². The highest BCUT2D eigenvalue weighted by molar-refractivity contribution is 6.32. The highest BCUT2D eigenvalue weighted by Gasteiger charge is 2.10. The Balaban J connectivity index is 2.28. The van der Waals surface area contributed by atoms with Gasteiger partial charge in [-0.3, -0.25) is 0 Å². The number of carbonyl (C=O) groups is 1. The molecule has 0 aliphatic heterocycles. The fourth-order valence-electron chi connectivity index (χ4n) is 1.36. The Kier molecular flexibility index (Phi) is 3.64. The van der Waals surface area contributed by atoms with E-state index in [2.05, 4.69) is 4.98 Å². The third-order valence-corrected chi connectivity index (χ3v) is 2.50. The highest BCUT2D eigenvalue weighted by Crippen LogP contribution is 2.28. The molecule has 5 nitrogen and oxygen atoms in total. The van der Waals surface area contributed by atoms with E-state index in [4.69, 9.17) is 26.7 Å². The predicted molar refractivity (Wildman–Crippen MR) is 67.4 cm³/mol. The largest absolute Gasteiger partial charge is 0.478 e. The Hall–Kier alpha value is -2.58. The van der Waals surface area contributed by atoms with Gasteiger partial charge < -0.3 is 9.84 Å². The van der Waals surface area contributed by atoms with E-state index in [1.54, 1.807) is 18.2 Å². The number of aromatic carboxylic acids is 1. The fourth-order valence-corrected chi connectivity index (χ4v) is 1.56. The number of pyridine rings is 1. The molecule has 94 valence electrons. The summed E-state index contributed by atoms with van der Waals surface area (Å²) in [4.78, 5) is 14.6. The van der Waals surface area contributed by atoms with Gasteiger partial charge in [0, 0.05) is 6.20 Å². The minimum atomic E-state index is -1.12. The van der Waals surface area contributed by atoms with Crippen molar-refractivity contribution in [1.29, 1.82) is 5.26 Å². The van der Waals surface area contributed by atoms with E-state index in [1.165, 1.54) is 12.1 Å². The molecule has 19 heavy (non-hydrogen) atoms. The maximum Gasteiger partial charge on any atom is 0.337 e. The summed E-state index contributed by atoms with van der Waals surface area (Å²) in [6.07, 6.45) is 1.15. The monoisotopic (exact) mass is 274 g/mol. The number of rotatable bonds is 3. The summed E-state index contributed by atoms with van der Waals surface area (Å²) in [5.41, 5.74) is 0.416. The maximum atomic E-state index is 10.7. The van der Waals surface area contributed by atoms with Crippen LogP contribution in [-0.2, 0) is 0 Å². The normalized spacial score (nSPS) is 9.68. The van der Waals surface area contributed by atoms with Crippen molar-refractivity contribution < 1.29 is 14.6 Å². The Bertz CT molecular complexity index is 680. The second-order valence-corrected chi connectivity index (χ2v) is 3.97. The van der Waals surface area contributed by atoms with Gasteiger partial charge in [0.2, 0.25) is 5.88 Å². The van der Waals surface area contributed by atoms with Crippen LogP contribution in [0.2, 0.25) is 5.02 Å². The van der Waals surface area contributed by atoms with Gasteiger partial charge in [0.15, 0.2) is 0 Å². The van der Waals surface area contributed by atoms with Crippen molar-refractivity contribution in [2.24, 2.45) is 0 Å². The second-order valence-electron chi connectivity index (χ2n) is 3.56. The molecule has 1 heterocycles. The molecular formula is C13H7ClN2O3. The van der Waals surface area contributed by atoms with E-state index in [9.17, 15) is 4.79 Å². The molecule has 0 amide bonds. The third kappa shape index (κ3) is 3.00. The number of halogens is 1. The fraction of sp³-hybridized carbons (Fsp3) is 0. The molecule has 0 aliphatic rings. The molecule has 0 fully saturated rings. The molecule has 0 atom stereocenters. The summed E-state index contributed by atoms with van der Waals surface area (Å²) in [7, 11) is 0. The van der Waals surface area contributed by atoms with Crippen molar-refractivity contribution in [2.45, 2.75) is 0 Å². The van der Waals surface area contributed by atoms with Gasteiger partial charge in [-0.1, -0.05) is 17.7 Å². The molecule has 0 bridgehead atoms. The van der Waals surface area contributed by atoms with Crippen LogP contribution in [0.4, 0.5) is 0 Å². The van der Waals surface area contributed by atoms with Crippen molar-refractivity contribution >= 4 is 17.6 Å². The summed E-state index contributed by atoms with van der Waals surface area (Å²) in [6, 6.07) is 9.70. The minimum absolute atomic E-state index is 0.0249. The SMILES string of the molecule is N#Cc1cccc(Oc2ncc(C(=O)O)cc2Cl)c1. The molecule has 0 spiro atoms. The van der Waals surface area contributed by atoms with Crippen LogP contribution in [-0.4, -0.2) is 16.1 Å². The van der Waals surface area contributed by atoms with Crippen LogP contribution in [0.1, 0.15) is 15.9 Å². The Labute approximate surface area is 113 Å². The number of carboxylic acid groups (broad SMARTS) is 1. The molecular weight excluding hydrogens is 268 g/mol. The molecule has 0 saturated heterocycles. The van der Waals surface area contributed by atoms with E-state index in [0.29, 0.717) is 11.3 Å². The molecule has 0 radical (unpaired) electrons. The molecule has 2 rings (SSSR count). The lowest BCUT2D eigenvalue weighted by Gasteiger charge is -2.06. The van der Waals surface area contributed by atoms with Gasteiger partial charge in [-0.15, -0.1) is 0 Å². The summed E-state index contributed by atoms with van der Waals surface area (Å²) < 4.78 is 5.40. The van der Waals surface area contributed by atoms with Gasteiger partial charge in [0.25, 0.3) is 0 Å². The first-order valence-electron chi connectivity index (χ1n) is 5.17. The number of ether oxygens (including phenoxy) is 1. The first kappa shape index (κ1) is 12.9. The van der Waals surface area contributed by atoms with Gasteiger partial charge in [-0.25, -0.2) is 9.78 Å². The molecule has 1 aromatic heterocycles. The number of hydrogen-bond acceptors (Lipinski definition) is 4. The number of carboxylic acids is 1. The summed E-state index contributed by atoms with van der Waals surface area (Å²) in [6.45, 7) is 0. The Morgan fingerprint density at radius 1 is 1.42 bits per heavy atom. The van der Waals surface area contributed by atoms with Crippen LogP contribution in [0.5, 0.6) is 11.6 Å². The average Bonchev–Trinajstić information content (AvgIpc) is 2.41. The quantitative estimate of drug-likeness (QED) is 0.930. The molecule has 1 N–H and O–H groups in total. The van der Waals surface area contributed by atoms with Crippen LogP contribution in [0.25, 0.3) is 0 Å². The first-order chi connectivity index (χ1) is 9.10. The lowest BCUT2D eigenvalue weighted by molar-refractivity contribution is 0.0696. The number of hydrogen-bond donors (Lipinski definition) is 1. The second kappa shape index (κ2) is 5.38. The van der Waals surface area contributed by atoms with Gasteiger partial charge >= 0.3 is 5.97 Å². The average molecular weight is 275 g/mol. The molecule has 0 saturated carbocycles. The van der Waals surface area contributed by atoms with Crippen LogP contribution >= 0.6 is 11.6 Å². The van der Waals surface area contributed by atoms with E-state index < -0.39 is 5.97 Å². The molecule has 0 aliphatic carbocycles. The summed E-state index contributed by atoms with van der Waals surface area (Å²) in [5.74, 6) is -0.634. The summed E-state index contributed by atoms with van der Waals surface area (Å²) >= 11 is 5.88.